The van der Waals surface area contributed by atoms with Crippen LogP contribution in [0.1, 0.15) is 5.56 Å². The lowest BCUT2D eigenvalue weighted by Gasteiger charge is -2.26. The number of nitrogens with one attached hydrogen (secondary N) is 1. The summed E-state index contributed by atoms with van der Waals surface area (Å²) in [7, 11) is -3.50. The molecule has 1 aliphatic heterocycles. The van der Waals surface area contributed by atoms with Gasteiger partial charge in [-0.1, -0.05) is 12.1 Å². The highest BCUT2D eigenvalue weighted by Crippen LogP contribution is 2.14. The third-order valence-corrected chi connectivity index (χ3v) is 4.26. The zero-order valence-corrected chi connectivity index (χ0v) is 10.8. The van der Waals surface area contributed by atoms with Crippen molar-refractivity contribution in [2.45, 2.75) is 6.54 Å². The van der Waals surface area contributed by atoms with Crippen molar-refractivity contribution in [2.75, 3.05) is 31.0 Å². The van der Waals surface area contributed by atoms with Gasteiger partial charge < -0.3 is 10.5 Å². The Bertz CT molecular complexity index is 498. The minimum atomic E-state index is -3.50. The molecule has 0 spiro atoms. The Labute approximate surface area is 107 Å². The van der Waals surface area contributed by atoms with Gasteiger partial charge in [-0.3, -0.25) is 4.72 Å². The maximum atomic E-state index is 12.1. The predicted octanol–water partition coefficient (Wildman–Crippen LogP) is 0.134. The van der Waals surface area contributed by atoms with Crippen LogP contribution in [0.3, 0.4) is 0 Å². The molecular weight excluding hydrogens is 254 g/mol. The molecule has 0 bridgehead atoms. The first-order valence-electron chi connectivity index (χ1n) is 5.76. The van der Waals surface area contributed by atoms with Gasteiger partial charge in [-0.05, 0) is 17.7 Å². The van der Waals surface area contributed by atoms with Gasteiger partial charge in [0.2, 0.25) is 0 Å². The van der Waals surface area contributed by atoms with E-state index in [-0.39, 0.29) is 0 Å². The Kier molecular flexibility index (Phi) is 4.18. The molecule has 1 heterocycles. The second-order valence-electron chi connectivity index (χ2n) is 4.02. The lowest BCUT2D eigenvalue weighted by Crippen LogP contribution is -2.43. The van der Waals surface area contributed by atoms with Gasteiger partial charge in [0, 0.05) is 19.6 Å². The summed E-state index contributed by atoms with van der Waals surface area (Å²) in [6, 6.07) is 7.07. The number of hydrogen-bond acceptors (Lipinski definition) is 4. The number of nitrogens with two attached hydrogens (primary N) is 1. The van der Waals surface area contributed by atoms with E-state index in [1.807, 2.05) is 6.07 Å². The van der Waals surface area contributed by atoms with Crippen LogP contribution in [-0.2, 0) is 21.5 Å². The van der Waals surface area contributed by atoms with E-state index in [2.05, 4.69) is 4.72 Å². The van der Waals surface area contributed by atoms with Crippen LogP contribution in [0, 0.1) is 0 Å². The molecular formula is C11H17N3O3S. The van der Waals surface area contributed by atoms with E-state index in [1.54, 1.807) is 18.2 Å². The topological polar surface area (TPSA) is 84.7 Å². The molecule has 1 fully saturated rings. The Morgan fingerprint density at radius 1 is 1.33 bits per heavy atom. The minimum Gasteiger partial charge on any atom is -0.379 e. The fourth-order valence-corrected chi connectivity index (χ4v) is 2.95. The minimum absolute atomic E-state index is 0.381. The SMILES string of the molecule is NCc1cccc(NS(=O)(=O)N2CCOCC2)c1. The standard InChI is InChI=1S/C11H17N3O3S/c12-9-10-2-1-3-11(8-10)13-18(15,16)14-4-6-17-7-5-14/h1-3,8,13H,4-7,9,12H2. The van der Waals surface area contributed by atoms with Crippen LogP contribution in [0.2, 0.25) is 0 Å². The van der Waals surface area contributed by atoms with Crippen molar-refractivity contribution in [3.8, 4) is 0 Å². The normalized spacial score (nSPS) is 17.6. The monoisotopic (exact) mass is 271 g/mol. The molecule has 0 saturated carbocycles. The lowest BCUT2D eigenvalue weighted by atomic mass is 10.2. The molecule has 0 unspecified atom stereocenters. The van der Waals surface area contributed by atoms with Gasteiger partial charge in [-0.25, -0.2) is 0 Å². The van der Waals surface area contributed by atoms with Crippen LogP contribution >= 0.6 is 0 Å². The summed E-state index contributed by atoms with van der Waals surface area (Å²) >= 11 is 0. The molecule has 1 aliphatic rings. The fourth-order valence-electron chi connectivity index (χ4n) is 1.76. The Morgan fingerprint density at radius 3 is 2.72 bits per heavy atom. The van der Waals surface area contributed by atoms with Crippen LogP contribution in [0.4, 0.5) is 5.69 Å². The number of rotatable bonds is 4. The summed E-state index contributed by atoms with van der Waals surface area (Å²) in [6.07, 6.45) is 0. The van der Waals surface area contributed by atoms with Gasteiger partial charge in [0.25, 0.3) is 0 Å². The van der Waals surface area contributed by atoms with Crippen LogP contribution in [0.15, 0.2) is 24.3 Å². The van der Waals surface area contributed by atoms with Crippen molar-refractivity contribution < 1.29 is 13.2 Å². The van der Waals surface area contributed by atoms with E-state index >= 15 is 0 Å². The number of benzene rings is 1. The molecule has 1 saturated heterocycles. The molecule has 7 heteroatoms. The van der Waals surface area contributed by atoms with E-state index < -0.39 is 10.2 Å². The maximum absolute atomic E-state index is 12.1. The number of nitrogens with zero attached hydrogens (tertiary/aromatic N) is 1. The third-order valence-electron chi connectivity index (χ3n) is 2.72. The molecule has 2 rings (SSSR count). The fraction of sp³-hybridized carbons (Fsp3) is 0.455. The second-order valence-corrected chi connectivity index (χ2v) is 5.69. The van der Waals surface area contributed by atoms with Crippen molar-refractivity contribution in [2.24, 2.45) is 5.73 Å². The molecule has 1 aromatic rings. The molecule has 3 N–H and O–H groups in total. The molecule has 6 nitrogen and oxygen atoms in total. The molecule has 1 aromatic carbocycles. The Hall–Kier alpha value is -1.15. The van der Waals surface area contributed by atoms with E-state index in [0.29, 0.717) is 38.5 Å². The smallest absolute Gasteiger partial charge is 0.301 e. The van der Waals surface area contributed by atoms with E-state index in [9.17, 15) is 8.42 Å². The largest absolute Gasteiger partial charge is 0.379 e. The molecule has 18 heavy (non-hydrogen) atoms. The van der Waals surface area contributed by atoms with Crippen molar-refractivity contribution in [1.29, 1.82) is 0 Å². The predicted molar refractivity (Wildman–Crippen MR) is 69.3 cm³/mol. The van der Waals surface area contributed by atoms with Crippen LogP contribution in [0.5, 0.6) is 0 Å². The summed E-state index contributed by atoms with van der Waals surface area (Å²) < 4.78 is 33.2. The first kappa shape index (κ1) is 13.3. The zero-order valence-electron chi connectivity index (χ0n) is 10.0. The molecule has 0 aliphatic carbocycles. The highest BCUT2D eigenvalue weighted by Gasteiger charge is 2.23. The van der Waals surface area contributed by atoms with E-state index in [1.165, 1.54) is 4.31 Å². The van der Waals surface area contributed by atoms with Gasteiger partial charge in [0.1, 0.15) is 0 Å². The van der Waals surface area contributed by atoms with Crippen molar-refractivity contribution in [1.82, 2.24) is 4.31 Å². The Balaban J connectivity index is 2.11. The van der Waals surface area contributed by atoms with E-state index in [0.717, 1.165) is 5.56 Å². The van der Waals surface area contributed by atoms with Gasteiger partial charge in [0.05, 0.1) is 18.9 Å². The van der Waals surface area contributed by atoms with Crippen molar-refractivity contribution in [3.63, 3.8) is 0 Å². The number of anilines is 1. The summed E-state index contributed by atoms with van der Waals surface area (Å²) in [5, 5.41) is 0. The molecule has 0 atom stereocenters. The van der Waals surface area contributed by atoms with Crippen molar-refractivity contribution in [3.05, 3.63) is 29.8 Å². The second kappa shape index (κ2) is 5.66. The van der Waals surface area contributed by atoms with Crippen LogP contribution in [-0.4, -0.2) is 39.0 Å². The molecule has 0 radical (unpaired) electrons. The van der Waals surface area contributed by atoms with Gasteiger partial charge in [-0.2, -0.15) is 12.7 Å². The summed E-state index contributed by atoms with van der Waals surface area (Å²) in [6.45, 7) is 2.01. The van der Waals surface area contributed by atoms with Crippen LogP contribution in [0.25, 0.3) is 0 Å². The highest BCUT2D eigenvalue weighted by molar-refractivity contribution is 7.90. The number of hydrogen-bond donors (Lipinski definition) is 2. The van der Waals surface area contributed by atoms with Crippen molar-refractivity contribution >= 4 is 15.9 Å². The number of morpholine rings is 1. The first-order chi connectivity index (χ1) is 8.62. The molecule has 0 amide bonds. The van der Waals surface area contributed by atoms with Crippen LogP contribution < -0.4 is 10.5 Å². The highest BCUT2D eigenvalue weighted by atomic mass is 32.2. The zero-order chi connectivity index (χ0) is 13.0. The summed E-state index contributed by atoms with van der Waals surface area (Å²) in [5.41, 5.74) is 6.94. The van der Waals surface area contributed by atoms with Gasteiger partial charge in [-0.15, -0.1) is 0 Å². The third kappa shape index (κ3) is 3.20. The molecule has 0 aromatic heterocycles. The average molecular weight is 271 g/mol. The van der Waals surface area contributed by atoms with E-state index in [4.69, 9.17) is 10.5 Å². The quantitative estimate of drug-likeness (QED) is 0.815. The number of ether oxygens (including phenoxy) is 1. The Morgan fingerprint density at radius 2 is 2.06 bits per heavy atom. The summed E-state index contributed by atoms with van der Waals surface area (Å²) in [4.78, 5) is 0. The van der Waals surface area contributed by atoms with Gasteiger partial charge in [0.15, 0.2) is 0 Å². The summed E-state index contributed by atoms with van der Waals surface area (Å²) in [5.74, 6) is 0. The molecule has 100 valence electrons. The maximum Gasteiger partial charge on any atom is 0.301 e. The lowest BCUT2D eigenvalue weighted by molar-refractivity contribution is 0.0733. The van der Waals surface area contributed by atoms with Gasteiger partial charge >= 0.3 is 10.2 Å². The first-order valence-corrected chi connectivity index (χ1v) is 7.20. The average Bonchev–Trinajstić information content (AvgIpc) is 2.39.